The third-order valence-electron chi connectivity index (χ3n) is 3.94. The second-order valence-electron chi connectivity index (χ2n) is 5.59. The SMILES string of the molecule is Cc1cc(CCCCN2C(=O)c3cc[nH]c3N(C)C2O)on1. The number of aromatic nitrogens is 2. The first kappa shape index (κ1) is 14.6. The lowest BCUT2D eigenvalue weighted by atomic mass is 10.1. The van der Waals surface area contributed by atoms with Gasteiger partial charge in [-0.3, -0.25) is 9.69 Å². The van der Waals surface area contributed by atoms with Crippen LogP contribution in [-0.2, 0) is 6.42 Å². The summed E-state index contributed by atoms with van der Waals surface area (Å²) in [5, 5.41) is 14.1. The molecule has 7 heteroatoms. The zero-order valence-electron chi connectivity index (χ0n) is 12.7. The number of unbranched alkanes of at least 4 members (excludes halogenated alkanes) is 1. The lowest BCUT2D eigenvalue weighted by Crippen LogP contribution is -2.54. The Morgan fingerprint density at radius 3 is 3.00 bits per heavy atom. The molecule has 118 valence electrons. The van der Waals surface area contributed by atoms with Gasteiger partial charge in [-0.1, -0.05) is 5.16 Å². The highest BCUT2D eigenvalue weighted by molar-refractivity contribution is 6.01. The van der Waals surface area contributed by atoms with E-state index in [1.54, 1.807) is 24.2 Å². The smallest absolute Gasteiger partial charge is 0.261 e. The second kappa shape index (κ2) is 5.84. The maximum Gasteiger partial charge on any atom is 0.261 e. The van der Waals surface area contributed by atoms with Crippen LogP contribution < -0.4 is 4.90 Å². The van der Waals surface area contributed by atoms with Gasteiger partial charge in [0, 0.05) is 32.3 Å². The van der Waals surface area contributed by atoms with Crippen molar-refractivity contribution < 1.29 is 14.4 Å². The molecular formula is C15H20N4O3. The first-order valence-corrected chi connectivity index (χ1v) is 7.39. The number of carbonyl (C=O) groups is 1. The Labute approximate surface area is 128 Å². The summed E-state index contributed by atoms with van der Waals surface area (Å²) >= 11 is 0. The molecule has 1 atom stereocenters. The minimum absolute atomic E-state index is 0.141. The number of fused-ring (bicyclic) bond motifs is 1. The Morgan fingerprint density at radius 2 is 2.27 bits per heavy atom. The predicted molar refractivity (Wildman–Crippen MR) is 80.4 cm³/mol. The Bertz CT molecular complexity index is 663. The number of hydrogen-bond acceptors (Lipinski definition) is 5. The molecule has 22 heavy (non-hydrogen) atoms. The Balaban J connectivity index is 1.57. The minimum Gasteiger partial charge on any atom is -0.361 e. The van der Waals surface area contributed by atoms with Gasteiger partial charge in [0.2, 0.25) is 6.35 Å². The summed E-state index contributed by atoms with van der Waals surface area (Å²) in [5.74, 6) is 1.37. The van der Waals surface area contributed by atoms with Gasteiger partial charge in [-0.15, -0.1) is 0 Å². The second-order valence-corrected chi connectivity index (χ2v) is 5.59. The van der Waals surface area contributed by atoms with Gasteiger partial charge in [-0.25, -0.2) is 0 Å². The highest BCUT2D eigenvalue weighted by atomic mass is 16.5. The van der Waals surface area contributed by atoms with E-state index in [0.717, 1.165) is 30.7 Å². The number of aromatic amines is 1. The van der Waals surface area contributed by atoms with Gasteiger partial charge in [0.15, 0.2) is 0 Å². The van der Waals surface area contributed by atoms with Crippen LogP contribution in [0, 0.1) is 6.92 Å². The summed E-state index contributed by atoms with van der Waals surface area (Å²) in [6.07, 6.45) is 3.21. The summed E-state index contributed by atoms with van der Waals surface area (Å²) in [6, 6.07) is 3.66. The summed E-state index contributed by atoms with van der Waals surface area (Å²) in [7, 11) is 1.76. The Hall–Kier alpha value is -2.28. The van der Waals surface area contributed by atoms with Crippen molar-refractivity contribution in [2.75, 3.05) is 18.5 Å². The van der Waals surface area contributed by atoms with Gasteiger partial charge in [-0.2, -0.15) is 0 Å². The fourth-order valence-electron chi connectivity index (χ4n) is 2.74. The number of anilines is 1. The first-order chi connectivity index (χ1) is 10.6. The van der Waals surface area contributed by atoms with E-state index in [2.05, 4.69) is 10.1 Å². The van der Waals surface area contributed by atoms with Gasteiger partial charge >= 0.3 is 0 Å². The van der Waals surface area contributed by atoms with Crippen LogP contribution in [0.2, 0.25) is 0 Å². The van der Waals surface area contributed by atoms with Crippen LogP contribution >= 0.6 is 0 Å². The van der Waals surface area contributed by atoms with E-state index in [9.17, 15) is 9.90 Å². The first-order valence-electron chi connectivity index (χ1n) is 7.39. The molecule has 1 aliphatic heterocycles. The average Bonchev–Trinajstić information content (AvgIpc) is 3.13. The maximum absolute atomic E-state index is 12.4. The van der Waals surface area contributed by atoms with Crippen molar-refractivity contribution in [1.82, 2.24) is 15.0 Å². The highest BCUT2D eigenvalue weighted by Crippen LogP contribution is 2.27. The van der Waals surface area contributed by atoms with Crippen molar-refractivity contribution in [3.8, 4) is 0 Å². The van der Waals surface area contributed by atoms with Crippen LogP contribution in [0.5, 0.6) is 0 Å². The van der Waals surface area contributed by atoms with E-state index < -0.39 is 6.35 Å². The van der Waals surface area contributed by atoms with Crippen molar-refractivity contribution in [2.24, 2.45) is 0 Å². The number of hydrogen-bond donors (Lipinski definition) is 2. The van der Waals surface area contributed by atoms with Crippen LogP contribution in [-0.4, -0.2) is 46.0 Å². The molecule has 0 spiro atoms. The van der Waals surface area contributed by atoms with Crippen molar-refractivity contribution in [3.05, 3.63) is 35.3 Å². The molecule has 0 aliphatic carbocycles. The third-order valence-corrected chi connectivity index (χ3v) is 3.94. The molecule has 0 aromatic carbocycles. The van der Waals surface area contributed by atoms with Gasteiger partial charge in [0.25, 0.3) is 5.91 Å². The number of carbonyl (C=O) groups excluding carboxylic acids is 1. The maximum atomic E-state index is 12.4. The topological polar surface area (TPSA) is 85.6 Å². The average molecular weight is 304 g/mol. The highest BCUT2D eigenvalue weighted by Gasteiger charge is 2.34. The van der Waals surface area contributed by atoms with Crippen LogP contribution in [0.4, 0.5) is 5.82 Å². The molecule has 3 heterocycles. The number of aryl methyl sites for hydroxylation is 2. The number of amides is 1. The number of aliphatic hydroxyl groups is 1. The lowest BCUT2D eigenvalue weighted by Gasteiger charge is -2.38. The fourth-order valence-corrected chi connectivity index (χ4v) is 2.74. The molecule has 2 aromatic heterocycles. The fraction of sp³-hybridized carbons (Fsp3) is 0.467. The number of nitrogens with one attached hydrogen (secondary N) is 1. The van der Waals surface area contributed by atoms with E-state index in [1.807, 2.05) is 13.0 Å². The van der Waals surface area contributed by atoms with Gasteiger partial charge in [0.1, 0.15) is 11.6 Å². The molecule has 1 aliphatic rings. The minimum atomic E-state index is -0.939. The molecule has 0 bridgehead atoms. The molecule has 3 rings (SSSR count). The van der Waals surface area contributed by atoms with Crippen LogP contribution in [0.1, 0.15) is 34.7 Å². The van der Waals surface area contributed by atoms with Crippen molar-refractivity contribution >= 4 is 11.7 Å². The largest absolute Gasteiger partial charge is 0.361 e. The molecule has 1 amide bonds. The molecule has 2 aromatic rings. The van der Waals surface area contributed by atoms with Gasteiger partial charge in [0.05, 0.1) is 11.3 Å². The zero-order valence-corrected chi connectivity index (χ0v) is 12.7. The summed E-state index contributed by atoms with van der Waals surface area (Å²) in [6.45, 7) is 2.39. The molecule has 2 N–H and O–H groups in total. The number of nitrogens with zero attached hydrogens (tertiary/aromatic N) is 3. The molecule has 0 radical (unpaired) electrons. The number of rotatable bonds is 5. The molecule has 0 fully saturated rings. The number of aliphatic hydroxyl groups excluding tert-OH is 1. The van der Waals surface area contributed by atoms with E-state index in [4.69, 9.17) is 4.52 Å². The van der Waals surface area contributed by atoms with E-state index >= 15 is 0 Å². The standard InChI is InChI=1S/C15H20N4O3/c1-10-9-11(22-17-10)5-3-4-8-19-14(20)12-6-7-16-13(12)18(2)15(19)21/h6-7,9,15-16,21H,3-5,8H2,1-2H3. The lowest BCUT2D eigenvalue weighted by molar-refractivity contribution is 0.00342. The molecule has 0 saturated carbocycles. The quantitative estimate of drug-likeness (QED) is 0.818. The Morgan fingerprint density at radius 1 is 1.45 bits per heavy atom. The number of H-pyrrole nitrogens is 1. The molecule has 7 nitrogen and oxygen atoms in total. The van der Waals surface area contributed by atoms with Crippen LogP contribution in [0.25, 0.3) is 0 Å². The zero-order chi connectivity index (χ0) is 15.7. The van der Waals surface area contributed by atoms with Crippen LogP contribution in [0.3, 0.4) is 0 Å². The van der Waals surface area contributed by atoms with Crippen LogP contribution in [0.15, 0.2) is 22.9 Å². The Kier molecular flexibility index (Phi) is 3.89. The van der Waals surface area contributed by atoms with Gasteiger partial charge < -0.3 is 19.5 Å². The molecule has 0 saturated heterocycles. The van der Waals surface area contributed by atoms with Crippen molar-refractivity contribution in [1.29, 1.82) is 0 Å². The van der Waals surface area contributed by atoms with E-state index in [0.29, 0.717) is 17.9 Å². The summed E-state index contributed by atoms with van der Waals surface area (Å²) in [5.41, 5.74) is 1.47. The predicted octanol–water partition coefficient (Wildman–Crippen LogP) is 1.50. The van der Waals surface area contributed by atoms with Crippen molar-refractivity contribution in [2.45, 2.75) is 32.5 Å². The molecular weight excluding hydrogens is 284 g/mol. The van der Waals surface area contributed by atoms with E-state index in [-0.39, 0.29) is 5.91 Å². The normalized spacial score (nSPS) is 18.0. The third kappa shape index (κ3) is 2.59. The van der Waals surface area contributed by atoms with Crippen molar-refractivity contribution in [3.63, 3.8) is 0 Å². The molecule has 1 unspecified atom stereocenters. The monoisotopic (exact) mass is 304 g/mol. The summed E-state index contributed by atoms with van der Waals surface area (Å²) < 4.78 is 5.16. The van der Waals surface area contributed by atoms with Gasteiger partial charge in [-0.05, 0) is 25.8 Å². The summed E-state index contributed by atoms with van der Waals surface area (Å²) in [4.78, 5) is 18.5. The van der Waals surface area contributed by atoms with E-state index in [1.165, 1.54) is 4.90 Å².